The van der Waals surface area contributed by atoms with Crippen molar-refractivity contribution in [1.82, 2.24) is 9.80 Å². The van der Waals surface area contributed by atoms with Gasteiger partial charge in [-0.15, -0.1) is 0 Å². The van der Waals surface area contributed by atoms with Gasteiger partial charge in [0.05, 0.1) is 24.2 Å². The van der Waals surface area contributed by atoms with Gasteiger partial charge < -0.3 is 9.64 Å². The highest BCUT2D eigenvalue weighted by Crippen LogP contribution is 2.23. The minimum Gasteiger partial charge on any atom is -0.376 e. The van der Waals surface area contributed by atoms with Crippen LogP contribution in [-0.4, -0.2) is 80.1 Å². The second-order valence-corrected chi connectivity index (χ2v) is 10.00. The SMILES string of the molecule is CC[C@@H]1CCCCN1CC(=O)N(C[C@@H]1CCCO1)[C@@H]1CCS(=O)(=O)C1. The van der Waals surface area contributed by atoms with Crippen molar-refractivity contribution in [3.05, 3.63) is 0 Å². The predicted octanol–water partition coefficient (Wildman–Crippen LogP) is 1.45. The summed E-state index contributed by atoms with van der Waals surface area (Å²) >= 11 is 0. The number of ether oxygens (including phenoxy) is 1. The molecule has 144 valence electrons. The van der Waals surface area contributed by atoms with E-state index in [1.54, 1.807) is 0 Å². The van der Waals surface area contributed by atoms with Crippen molar-refractivity contribution in [2.75, 3.05) is 37.7 Å². The number of hydrogen-bond acceptors (Lipinski definition) is 5. The Labute approximate surface area is 151 Å². The van der Waals surface area contributed by atoms with Crippen LogP contribution >= 0.6 is 0 Å². The first-order chi connectivity index (χ1) is 12.0. The molecular weight excluding hydrogens is 340 g/mol. The van der Waals surface area contributed by atoms with Crippen LogP contribution in [0.1, 0.15) is 51.9 Å². The maximum atomic E-state index is 13.1. The van der Waals surface area contributed by atoms with Crippen LogP contribution in [0.4, 0.5) is 0 Å². The van der Waals surface area contributed by atoms with E-state index in [9.17, 15) is 13.2 Å². The average Bonchev–Trinajstić information content (AvgIpc) is 3.22. The third-order valence-corrected chi connectivity index (χ3v) is 7.70. The van der Waals surface area contributed by atoms with Gasteiger partial charge in [0.15, 0.2) is 9.84 Å². The summed E-state index contributed by atoms with van der Waals surface area (Å²) in [5.41, 5.74) is 0. The van der Waals surface area contributed by atoms with Gasteiger partial charge in [0.2, 0.25) is 5.91 Å². The summed E-state index contributed by atoms with van der Waals surface area (Å²) in [6.07, 6.45) is 7.24. The van der Waals surface area contributed by atoms with Crippen molar-refractivity contribution in [1.29, 1.82) is 0 Å². The Kier molecular flexibility index (Phi) is 6.39. The van der Waals surface area contributed by atoms with Crippen LogP contribution in [0.15, 0.2) is 0 Å². The maximum absolute atomic E-state index is 13.1. The van der Waals surface area contributed by atoms with E-state index in [2.05, 4.69) is 11.8 Å². The highest BCUT2D eigenvalue weighted by molar-refractivity contribution is 7.91. The zero-order valence-electron chi connectivity index (χ0n) is 15.4. The number of amides is 1. The van der Waals surface area contributed by atoms with E-state index in [4.69, 9.17) is 4.74 Å². The molecule has 3 aliphatic rings. The topological polar surface area (TPSA) is 66.9 Å². The lowest BCUT2D eigenvalue weighted by Gasteiger charge is -2.37. The zero-order valence-corrected chi connectivity index (χ0v) is 16.2. The molecule has 0 N–H and O–H groups in total. The molecule has 3 saturated heterocycles. The third kappa shape index (κ3) is 4.95. The molecule has 7 heteroatoms. The van der Waals surface area contributed by atoms with E-state index in [-0.39, 0.29) is 29.6 Å². The first kappa shape index (κ1) is 19.1. The molecular formula is C18H32N2O4S. The van der Waals surface area contributed by atoms with Gasteiger partial charge in [-0.1, -0.05) is 13.3 Å². The Bertz CT molecular complexity index is 559. The molecule has 0 aliphatic carbocycles. The highest BCUT2D eigenvalue weighted by Gasteiger charge is 2.37. The zero-order chi connectivity index (χ0) is 17.9. The first-order valence-electron chi connectivity index (χ1n) is 9.84. The molecule has 6 nitrogen and oxygen atoms in total. The number of piperidine rings is 1. The fourth-order valence-electron chi connectivity index (χ4n) is 4.48. The highest BCUT2D eigenvalue weighted by atomic mass is 32.2. The Hall–Kier alpha value is -0.660. The number of rotatable bonds is 6. The van der Waals surface area contributed by atoms with Crippen LogP contribution < -0.4 is 0 Å². The minimum absolute atomic E-state index is 0.0654. The lowest BCUT2D eigenvalue weighted by Crippen LogP contribution is -2.51. The van der Waals surface area contributed by atoms with Crippen molar-refractivity contribution < 1.29 is 17.9 Å². The molecule has 3 fully saturated rings. The van der Waals surface area contributed by atoms with Crippen molar-refractivity contribution >= 4 is 15.7 Å². The molecule has 0 aromatic carbocycles. The number of carbonyl (C=O) groups is 1. The second-order valence-electron chi connectivity index (χ2n) is 7.77. The largest absolute Gasteiger partial charge is 0.376 e. The molecule has 3 atom stereocenters. The van der Waals surface area contributed by atoms with Gasteiger partial charge in [-0.05, 0) is 45.1 Å². The Morgan fingerprint density at radius 2 is 2.04 bits per heavy atom. The lowest BCUT2D eigenvalue weighted by atomic mass is 10.00. The summed E-state index contributed by atoms with van der Waals surface area (Å²) < 4.78 is 29.5. The summed E-state index contributed by atoms with van der Waals surface area (Å²) in [6.45, 7) is 4.87. The molecule has 0 saturated carbocycles. The quantitative estimate of drug-likeness (QED) is 0.706. The van der Waals surface area contributed by atoms with Crippen molar-refractivity contribution in [2.45, 2.75) is 70.1 Å². The van der Waals surface area contributed by atoms with Crippen molar-refractivity contribution in [3.8, 4) is 0 Å². The van der Waals surface area contributed by atoms with Crippen LogP contribution in [0, 0.1) is 0 Å². The van der Waals surface area contributed by atoms with Crippen LogP contribution in [0.25, 0.3) is 0 Å². The van der Waals surface area contributed by atoms with E-state index < -0.39 is 9.84 Å². The molecule has 0 unspecified atom stereocenters. The van der Waals surface area contributed by atoms with Crippen LogP contribution in [0.3, 0.4) is 0 Å². The van der Waals surface area contributed by atoms with E-state index in [0.29, 0.717) is 25.6 Å². The van der Waals surface area contributed by atoms with E-state index in [1.807, 2.05) is 4.90 Å². The van der Waals surface area contributed by atoms with Gasteiger partial charge >= 0.3 is 0 Å². The minimum atomic E-state index is -3.00. The number of hydrogen-bond donors (Lipinski definition) is 0. The Balaban J connectivity index is 1.67. The van der Waals surface area contributed by atoms with Crippen LogP contribution in [0.5, 0.6) is 0 Å². The average molecular weight is 373 g/mol. The molecule has 3 rings (SSSR count). The van der Waals surface area contributed by atoms with Crippen molar-refractivity contribution in [2.24, 2.45) is 0 Å². The summed E-state index contributed by atoms with van der Waals surface area (Å²) in [5.74, 6) is 0.398. The standard InChI is InChI=1S/C18H32N2O4S/c1-2-15-6-3-4-9-19(15)13-18(21)20(12-17-7-5-10-24-17)16-8-11-25(22,23)14-16/h15-17H,2-14H2,1H3/t15-,16-,17+/m1/s1. The summed E-state index contributed by atoms with van der Waals surface area (Å²) in [5, 5.41) is 0. The second kappa shape index (κ2) is 8.35. The smallest absolute Gasteiger partial charge is 0.237 e. The van der Waals surface area contributed by atoms with Gasteiger partial charge in [-0.25, -0.2) is 8.42 Å². The molecule has 1 amide bonds. The molecule has 3 aliphatic heterocycles. The monoisotopic (exact) mass is 372 g/mol. The third-order valence-electron chi connectivity index (χ3n) is 5.95. The fraction of sp³-hybridized carbons (Fsp3) is 0.944. The molecule has 0 spiro atoms. The number of nitrogens with zero attached hydrogens (tertiary/aromatic N) is 2. The van der Waals surface area contributed by atoms with Crippen LogP contribution in [0.2, 0.25) is 0 Å². The summed E-state index contributed by atoms with van der Waals surface area (Å²) in [6, 6.07) is 0.307. The van der Waals surface area contributed by atoms with Gasteiger partial charge in [0.1, 0.15) is 0 Å². The van der Waals surface area contributed by atoms with Gasteiger partial charge in [-0.3, -0.25) is 9.69 Å². The fourth-order valence-corrected chi connectivity index (χ4v) is 6.21. The van der Waals surface area contributed by atoms with Gasteiger partial charge in [-0.2, -0.15) is 0 Å². The Morgan fingerprint density at radius 1 is 1.20 bits per heavy atom. The molecule has 25 heavy (non-hydrogen) atoms. The molecule has 0 aromatic rings. The van der Waals surface area contributed by atoms with E-state index in [0.717, 1.165) is 45.3 Å². The van der Waals surface area contributed by atoms with E-state index >= 15 is 0 Å². The van der Waals surface area contributed by atoms with Gasteiger partial charge in [0.25, 0.3) is 0 Å². The van der Waals surface area contributed by atoms with E-state index in [1.165, 1.54) is 6.42 Å². The predicted molar refractivity (Wildman–Crippen MR) is 97.2 cm³/mol. The molecule has 3 heterocycles. The number of sulfone groups is 1. The summed E-state index contributed by atoms with van der Waals surface area (Å²) in [7, 11) is -3.00. The first-order valence-corrected chi connectivity index (χ1v) is 11.7. The lowest BCUT2D eigenvalue weighted by molar-refractivity contribution is -0.137. The van der Waals surface area contributed by atoms with Crippen LogP contribution in [-0.2, 0) is 19.4 Å². The van der Waals surface area contributed by atoms with Gasteiger partial charge in [0, 0.05) is 25.2 Å². The maximum Gasteiger partial charge on any atom is 0.237 e. The molecule has 0 radical (unpaired) electrons. The molecule has 0 bridgehead atoms. The van der Waals surface area contributed by atoms with Crippen molar-refractivity contribution in [3.63, 3.8) is 0 Å². The number of carbonyl (C=O) groups excluding carboxylic acids is 1. The Morgan fingerprint density at radius 3 is 2.68 bits per heavy atom. The number of likely N-dealkylation sites (tertiary alicyclic amines) is 1. The molecule has 0 aromatic heterocycles. The normalized spacial score (nSPS) is 32.8. The summed E-state index contributed by atoms with van der Waals surface area (Å²) in [4.78, 5) is 17.2.